The Balaban J connectivity index is 2.13. The third-order valence-electron chi connectivity index (χ3n) is 4.47. The quantitative estimate of drug-likeness (QED) is 0.351. The Morgan fingerprint density at radius 1 is 0.867 bits per heavy atom. The standard InChI is InChI=1S/C20H30N2O6S2/c1-3-5-11-27-20(28-12-6-4-2)15-22-30(25,26)19-10-8-16-13-18(29(21,23)24)9-7-17(16)14-19/h7-10,13-14,20,22H,3-6,11-12,15H2,1-2H3,(H2,21,23,24). The number of primary sulfonamides is 1. The molecule has 0 aromatic heterocycles. The van der Waals surface area contributed by atoms with E-state index in [1.807, 2.05) is 13.8 Å². The van der Waals surface area contributed by atoms with Gasteiger partial charge >= 0.3 is 0 Å². The minimum atomic E-state index is -3.83. The Morgan fingerprint density at radius 2 is 1.37 bits per heavy atom. The average molecular weight is 459 g/mol. The smallest absolute Gasteiger partial charge is 0.240 e. The molecule has 8 nitrogen and oxygen atoms in total. The lowest BCUT2D eigenvalue weighted by Crippen LogP contribution is -2.35. The molecule has 0 spiro atoms. The summed E-state index contributed by atoms with van der Waals surface area (Å²) >= 11 is 0. The summed E-state index contributed by atoms with van der Waals surface area (Å²) in [5.74, 6) is 0. The first-order valence-electron chi connectivity index (χ1n) is 9.97. The van der Waals surface area contributed by atoms with Gasteiger partial charge < -0.3 is 9.47 Å². The van der Waals surface area contributed by atoms with Crippen molar-refractivity contribution < 1.29 is 26.3 Å². The van der Waals surface area contributed by atoms with Gasteiger partial charge in [-0.3, -0.25) is 0 Å². The van der Waals surface area contributed by atoms with Gasteiger partial charge in [0.25, 0.3) is 0 Å². The summed E-state index contributed by atoms with van der Waals surface area (Å²) in [5, 5.41) is 6.30. The Bertz CT molecular complexity index is 1030. The van der Waals surface area contributed by atoms with E-state index in [9.17, 15) is 16.8 Å². The molecule has 3 N–H and O–H groups in total. The largest absolute Gasteiger partial charge is 0.351 e. The van der Waals surface area contributed by atoms with Gasteiger partial charge in [0.15, 0.2) is 6.29 Å². The first-order chi connectivity index (χ1) is 14.2. The SMILES string of the molecule is CCCCOC(CNS(=O)(=O)c1ccc2cc(S(N)(=O)=O)ccc2c1)OCCCC. The van der Waals surface area contributed by atoms with E-state index in [0.717, 1.165) is 25.7 Å². The molecule has 0 amide bonds. The second-order valence-corrected chi connectivity index (χ2v) is 10.3. The van der Waals surface area contributed by atoms with Crippen molar-refractivity contribution in [3.8, 4) is 0 Å². The lowest BCUT2D eigenvalue weighted by Gasteiger charge is -2.19. The number of sulfonamides is 2. The molecule has 10 heteroatoms. The van der Waals surface area contributed by atoms with Gasteiger partial charge in [-0.15, -0.1) is 0 Å². The molecule has 168 valence electrons. The number of ether oxygens (including phenoxy) is 2. The van der Waals surface area contributed by atoms with Crippen LogP contribution in [0.5, 0.6) is 0 Å². The van der Waals surface area contributed by atoms with Gasteiger partial charge in [0.1, 0.15) is 0 Å². The van der Waals surface area contributed by atoms with Crippen LogP contribution in [-0.4, -0.2) is 42.9 Å². The monoisotopic (exact) mass is 458 g/mol. The molecule has 0 bridgehead atoms. The summed E-state index contributed by atoms with van der Waals surface area (Å²) in [6.45, 7) is 5.09. The number of nitrogens with two attached hydrogens (primary N) is 1. The molecule has 2 aromatic carbocycles. The van der Waals surface area contributed by atoms with Gasteiger partial charge in [-0.25, -0.2) is 26.7 Å². The van der Waals surface area contributed by atoms with Crippen molar-refractivity contribution in [1.82, 2.24) is 4.72 Å². The van der Waals surface area contributed by atoms with E-state index in [4.69, 9.17) is 14.6 Å². The fourth-order valence-corrected chi connectivity index (χ4v) is 4.29. The molecule has 0 saturated carbocycles. The third-order valence-corrected chi connectivity index (χ3v) is 6.80. The van der Waals surface area contributed by atoms with E-state index in [1.54, 1.807) is 6.07 Å². The molecule has 0 heterocycles. The van der Waals surface area contributed by atoms with Crippen LogP contribution in [0.3, 0.4) is 0 Å². The van der Waals surface area contributed by atoms with Crippen molar-refractivity contribution in [3.05, 3.63) is 36.4 Å². The van der Waals surface area contributed by atoms with Crippen LogP contribution in [-0.2, 0) is 29.5 Å². The zero-order valence-corrected chi connectivity index (χ0v) is 19.0. The topological polar surface area (TPSA) is 125 Å². The Hall–Kier alpha value is -1.56. The second kappa shape index (κ2) is 11.2. The maximum absolute atomic E-state index is 12.7. The number of hydrogen-bond acceptors (Lipinski definition) is 6. The van der Waals surface area contributed by atoms with Gasteiger partial charge in [-0.2, -0.15) is 0 Å². The van der Waals surface area contributed by atoms with Crippen LogP contribution in [0.2, 0.25) is 0 Å². The van der Waals surface area contributed by atoms with Crippen molar-refractivity contribution >= 4 is 30.8 Å². The lowest BCUT2D eigenvalue weighted by atomic mass is 10.1. The first kappa shape index (κ1) is 24.7. The highest BCUT2D eigenvalue weighted by molar-refractivity contribution is 7.89. The fourth-order valence-electron chi connectivity index (χ4n) is 2.69. The van der Waals surface area contributed by atoms with Crippen LogP contribution in [0.4, 0.5) is 0 Å². The zero-order chi connectivity index (χ0) is 22.2. The zero-order valence-electron chi connectivity index (χ0n) is 17.3. The van der Waals surface area contributed by atoms with Crippen LogP contribution in [0, 0.1) is 0 Å². The van der Waals surface area contributed by atoms with Crippen molar-refractivity contribution in [3.63, 3.8) is 0 Å². The summed E-state index contributed by atoms with van der Waals surface area (Å²) in [7, 11) is -7.63. The van der Waals surface area contributed by atoms with Crippen molar-refractivity contribution in [2.24, 2.45) is 5.14 Å². The number of unbranched alkanes of at least 4 members (excludes halogenated alkanes) is 2. The molecule has 0 unspecified atom stereocenters. The highest BCUT2D eigenvalue weighted by Gasteiger charge is 2.19. The predicted octanol–water partition coefficient (Wildman–Crippen LogP) is 2.73. The summed E-state index contributed by atoms with van der Waals surface area (Å²) in [6, 6.07) is 8.73. The normalized spacial score (nSPS) is 12.7. The van der Waals surface area contributed by atoms with E-state index in [1.165, 1.54) is 30.3 Å². The maximum atomic E-state index is 12.7. The number of benzene rings is 2. The molecule has 30 heavy (non-hydrogen) atoms. The number of nitrogens with one attached hydrogen (secondary N) is 1. The second-order valence-electron chi connectivity index (χ2n) is 6.95. The van der Waals surface area contributed by atoms with Crippen molar-refractivity contribution in [1.29, 1.82) is 0 Å². The number of hydrogen-bond donors (Lipinski definition) is 2. The van der Waals surface area contributed by atoms with Crippen molar-refractivity contribution in [2.45, 2.75) is 55.6 Å². The van der Waals surface area contributed by atoms with Crippen LogP contribution in [0.25, 0.3) is 10.8 Å². The van der Waals surface area contributed by atoms with Gasteiger partial charge in [0.2, 0.25) is 20.0 Å². The summed E-state index contributed by atoms with van der Waals surface area (Å²) in [4.78, 5) is 0.0410. The van der Waals surface area contributed by atoms with E-state index in [-0.39, 0.29) is 16.3 Å². The first-order valence-corrected chi connectivity index (χ1v) is 13.0. The minimum absolute atomic E-state index is 0.00183. The molecule has 0 aliphatic heterocycles. The summed E-state index contributed by atoms with van der Waals surface area (Å²) in [5.41, 5.74) is 0. The molecule has 0 aliphatic carbocycles. The van der Waals surface area contributed by atoms with Crippen LogP contribution in [0.15, 0.2) is 46.2 Å². The van der Waals surface area contributed by atoms with Gasteiger partial charge in [-0.1, -0.05) is 38.8 Å². The molecular weight excluding hydrogens is 428 g/mol. The fraction of sp³-hybridized carbons (Fsp3) is 0.500. The molecule has 0 fully saturated rings. The van der Waals surface area contributed by atoms with Crippen LogP contribution >= 0.6 is 0 Å². The molecular formula is C20H30N2O6S2. The summed E-state index contributed by atoms with van der Waals surface area (Å²) < 4.78 is 62.3. The molecule has 0 radical (unpaired) electrons. The molecule has 0 atom stereocenters. The third kappa shape index (κ3) is 7.29. The van der Waals surface area contributed by atoms with Crippen LogP contribution in [0.1, 0.15) is 39.5 Å². The molecule has 0 saturated heterocycles. The summed E-state index contributed by atoms with van der Waals surface area (Å²) in [6.07, 6.45) is 3.02. The molecule has 2 aromatic rings. The predicted molar refractivity (Wildman–Crippen MR) is 116 cm³/mol. The number of fused-ring (bicyclic) bond motifs is 1. The Kier molecular flexibility index (Phi) is 9.20. The van der Waals surface area contributed by atoms with Crippen molar-refractivity contribution in [2.75, 3.05) is 19.8 Å². The highest BCUT2D eigenvalue weighted by Crippen LogP contribution is 2.22. The minimum Gasteiger partial charge on any atom is -0.351 e. The van der Waals surface area contributed by atoms with E-state index >= 15 is 0 Å². The Morgan fingerprint density at radius 3 is 1.87 bits per heavy atom. The van der Waals surface area contributed by atoms with Crippen LogP contribution < -0.4 is 9.86 Å². The Labute approximate surface area is 178 Å². The highest BCUT2D eigenvalue weighted by atomic mass is 32.2. The van der Waals surface area contributed by atoms with Gasteiger partial charge in [0, 0.05) is 13.2 Å². The molecule has 0 aliphatic rings. The van der Waals surface area contributed by atoms with E-state index in [0.29, 0.717) is 24.0 Å². The average Bonchev–Trinajstić information content (AvgIpc) is 2.70. The number of rotatable bonds is 13. The van der Waals surface area contributed by atoms with E-state index in [2.05, 4.69) is 4.72 Å². The molecule has 2 rings (SSSR count). The van der Waals surface area contributed by atoms with Gasteiger partial charge in [-0.05, 0) is 47.9 Å². The van der Waals surface area contributed by atoms with Gasteiger partial charge in [0.05, 0.1) is 16.3 Å². The van der Waals surface area contributed by atoms with E-state index < -0.39 is 26.3 Å². The maximum Gasteiger partial charge on any atom is 0.240 e. The lowest BCUT2D eigenvalue weighted by molar-refractivity contribution is -0.138.